The Balaban J connectivity index is 2.31. The highest BCUT2D eigenvalue weighted by molar-refractivity contribution is 5.80. The number of aliphatic hydroxyl groups is 1. The molecule has 0 aliphatic carbocycles. The van der Waals surface area contributed by atoms with Gasteiger partial charge in [0.05, 0.1) is 6.04 Å². The highest BCUT2D eigenvalue weighted by atomic mass is 16.4. The summed E-state index contributed by atoms with van der Waals surface area (Å²) in [6, 6.07) is -0.560. The number of aliphatic carboxylic acids is 3. The van der Waals surface area contributed by atoms with Crippen molar-refractivity contribution in [1.82, 2.24) is 10.9 Å². The number of nitrogens with zero attached hydrogens (tertiary/aromatic N) is 1. The maximum Gasteiger partial charge on any atom is 0.341 e. The van der Waals surface area contributed by atoms with Crippen LogP contribution in [0.3, 0.4) is 0 Å². The molecule has 1 aliphatic heterocycles. The average molecular weight is 538 g/mol. The molecule has 13 heteroatoms. The predicted octanol–water partition coefficient (Wildman–Crippen LogP) is -0.556. The van der Waals surface area contributed by atoms with E-state index in [1.165, 1.54) is 0 Å². The maximum absolute atomic E-state index is 11.5. The Hall–Kier alpha value is -3.10. The van der Waals surface area contributed by atoms with E-state index in [4.69, 9.17) is 22.3 Å². The molecule has 1 aromatic heterocycles. The molecule has 2 rings (SSSR count). The van der Waals surface area contributed by atoms with E-state index < -0.39 is 41.7 Å². The Labute approximate surface area is 221 Å². The van der Waals surface area contributed by atoms with Crippen LogP contribution in [-0.4, -0.2) is 62.1 Å². The maximum atomic E-state index is 11.5. The van der Waals surface area contributed by atoms with Crippen molar-refractivity contribution in [2.24, 2.45) is 17.2 Å². The van der Waals surface area contributed by atoms with Crippen molar-refractivity contribution in [3.05, 3.63) is 41.4 Å². The molecule has 2 heterocycles. The van der Waals surface area contributed by atoms with Gasteiger partial charge < -0.3 is 37.6 Å². The van der Waals surface area contributed by atoms with Crippen LogP contribution >= 0.6 is 0 Å². The highest BCUT2D eigenvalue weighted by Gasteiger charge is 2.49. The molecule has 3 atom stereocenters. The summed E-state index contributed by atoms with van der Waals surface area (Å²) in [6.45, 7) is 4.04. The first-order chi connectivity index (χ1) is 17.9. The monoisotopic (exact) mass is 537 g/mol. The van der Waals surface area contributed by atoms with E-state index in [-0.39, 0.29) is 12.2 Å². The van der Waals surface area contributed by atoms with Crippen molar-refractivity contribution in [2.45, 2.75) is 94.5 Å². The van der Waals surface area contributed by atoms with Crippen LogP contribution in [-0.2, 0) is 40.2 Å². The van der Waals surface area contributed by atoms with Crippen LogP contribution in [0.5, 0.6) is 0 Å². The van der Waals surface area contributed by atoms with Crippen molar-refractivity contribution >= 4 is 17.9 Å². The third-order valence-electron chi connectivity index (χ3n) is 6.86. The van der Waals surface area contributed by atoms with Gasteiger partial charge in [-0.25, -0.2) is 20.2 Å². The standard InChI is InChI=1S/C25H40N6O7/c1-15(32)18(26)6-4-7-21-17(8-9-20(28)23(35)36)13-16(10-11-25(24(37)38)29-30-25)14-31(21)12-3-2-5-19(27)22(33)34/h13-14,18-20,29-30H,1-12,26-28H2,(H3-,32,33,34,35,36,37,38)/p+1. The smallest absolute Gasteiger partial charge is 0.341 e. The van der Waals surface area contributed by atoms with Gasteiger partial charge in [0, 0.05) is 24.0 Å². The van der Waals surface area contributed by atoms with Gasteiger partial charge >= 0.3 is 17.9 Å². The second-order valence-electron chi connectivity index (χ2n) is 9.89. The number of rotatable bonds is 19. The minimum absolute atomic E-state index is 0.0923. The second kappa shape index (κ2) is 14.2. The predicted molar refractivity (Wildman–Crippen MR) is 138 cm³/mol. The van der Waals surface area contributed by atoms with Gasteiger partial charge in [-0.1, -0.05) is 6.58 Å². The molecule has 1 aliphatic rings. The fourth-order valence-electron chi connectivity index (χ4n) is 4.27. The van der Waals surface area contributed by atoms with Gasteiger partial charge in [-0.2, -0.15) is 0 Å². The molecule has 0 amide bonds. The topological polar surface area (TPSA) is 258 Å². The number of aryl methyl sites for hydroxylation is 3. The van der Waals surface area contributed by atoms with E-state index >= 15 is 0 Å². The first-order valence-electron chi connectivity index (χ1n) is 12.8. The average Bonchev–Trinajstić information content (AvgIpc) is 3.65. The fraction of sp³-hybridized carbons (Fsp3) is 0.600. The number of aromatic nitrogens is 1. The summed E-state index contributed by atoms with van der Waals surface area (Å²) in [5.41, 5.74) is 24.3. The minimum Gasteiger partial charge on any atom is -0.511 e. The number of unbranched alkanes of at least 4 members (excludes halogenated alkanes) is 1. The largest absolute Gasteiger partial charge is 0.511 e. The van der Waals surface area contributed by atoms with Gasteiger partial charge in [-0.05, 0) is 57.4 Å². The number of nitrogens with one attached hydrogen (secondary N) is 2. The second-order valence-corrected chi connectivity index (χ2v) is 9.89. The first-order valence-corrected chi connectivity index (χ1v) is 12.8. The molecule has 0 saturated carbocycles. The highest BCUT2D eigenvalue weighted by Crippen LogP contribution is 2.21. The molecule has 0 aromatic carbocycles. The van der Waals surface area contributed by atoms with Crippen LogP contribution in [0.15, 0.2) is 24.6 Å². The van der Waals surface area contributed by atoms with E-state index in [0.29, 0.717) is 64.3 Å². The van der Waals surface area contributed by atoms with Crippen molar-refractivity contribution < 1.29 is 39.4 Å². The van der Waals surface area contributed by atoms with Gasteiger partial charge in [-0.3, -0.25) is 9.59 Å². The van der Waals surface area contributed by atoms with Gasteiger partial charge in [0.15, 0.2) is 17.6 Å². The van der Waals surface area contributed by atoms with E-state index in [1.54, 1.807) is 0 Å². The normalized spacial score (nSPS) is 16.4. The lowest BCUT2D eigenvalue weighted by Gasteiger charge is -2.15. The summed E-state index contributed by atoms with van der Waals surface area (Å²) in [4.78, 5) is 33.9. The van der Waals surface area contributed by atoms with E-state index in [2.05, 4.69) is 22.0 Å². The van der Waals surface area contributed by atoms with Crippen LogP contribution in [0.25, 0.3) is 0 Å². The number of hydrogen-bond acceptors (Lipinski definition) is 9. The number of carboxylic acid groups (broad SMARTS) is 3. The van der Waals surface area contributed by atoms with Gasteiger partial charge in [0.25, 0.3) is 0 Å². The molecule has 212 valence electrons. The summed E-state index contributed by atoms with van der Waals surface area (Å²) in [5.74, 6) is -3.22. The molecule has 0 spiro atoms. The molecule has 1 saturated heterocycles. The molecular weight excluding hydrogens is 496 g/mol. The third-order valence-corrected chi connectivity index (χ3v) is 6.86. The lowest BCUT2D eigenvalue weighted by molar-refractivity contribution is -0.705. The molecule has 0 radical (unpaired) electrons. The van der Waals surface area contributed by atoms with E-state index in [9.17, 15) is 29.7 Å². The van der Waals surface area contributed by atoms with Gasteiger partial charge in [0.2, 0.25) is 0 Å². The minimum atomic E-state index is -1.16. The fourth-order valence-corrected chi connectivity index (χ4v) is 4.27. The van der Waals surface area contributed by atoms with Crippen LogP contribution < -0.4 is 32.6 Å². The first kappa shape index (κ1) is 31.1. The zero-order valence-corrected chi connectivity index (χ0v) is 21.6. The Morgan fingerprint density at radius 3 is 2.03 bits per heavy atom. The van der Waals surface area contributed by atoms with Gasteiger partial charge in [-0.15, -0.1) is 0 Å². The van der Waals surface area contributed by atoms with E-state index in [0.717, 1.165) is 16.8 Å². The molecule has 0 bridgehead atoms. The van der Waals surface area contributed by atoms with Crippen molar-refractivity contribution in [3.8, 4) is 0 Å². The number of hydrogen-bond donors (Lipinski definition) is 9. The molecule has 3 unspecified atom stereocenters. The Kier molecular flexibility index (Phi) is 11.6. The quantitative estimate of drug-likeness (QED) is 0.0466. The Morgan fingerprint density at radius 1 is 0.868 bits per heavy atom. The molecule has 12 N–H and O–H groups in total. The third kappa shape index (κ3) is 9.33. The van der Waals surface area contributed by atoms with Crippen LogP contribution in [0, 0.1) is 0 Å². The van der Waals surface area contributed by atoms with Crippen molar-refractivity contribution in [1.29, 1.82) is 0 Å². The zero-order chi connectivity index (χ0) is 28.5. The van der Waals surface area contributed by atoms with Crippen molar-refractivity contribution in [2.75, 3.05) is 0 Å². The number of carboxylic acids is 3. The molecular formula is C25H41N6O7+. The molecule has 13 nitrogen and oxygen atoms in total. The molecule has 38 heavy (non-hydrogen) atoms. The Bertz CT molecular complexity index is 1010. The number of hydrazine groups is 1. The lowest BCUT2D eigenvalue weighted by Crippen LogP contribution is -2.41. The van der Waals surface area contributed by atoms with Crippen molar-refractivity contribution in [3.63, 3.8) is 0 Å². The number of pyridine rings is 1. The SMILES string of the molecule is C=C(O)C(N)CCCc1c(CCC(N)C(=O)O)cc(CCC2(C(=O)O)NN2)c[n+]1CCCCC(N)C(=O)O. The van der Waals surface area contributed by atoms with Gasteiger partial charge in [0.1, 0.15) is 24.4 Å². The summed E-state index contributed by atoms with van der Waals surface area (Å²) in [5, 5.41) is 37.3. The summed E-state index contributed by atoms with van der Waals surface area (Å²) in [7, 11) is 0. The number of carbonyl (C=O) groups is 3. The zero-order valence-electron chi connectivity index (χ0n) is 21.6. The Morgan fingerprint density at radius 2 is 1.47 bits per heavy atom. The van der Waals surface area contributed by atoms with Crippen LogP contribution in [0.2, 0.25) is 0 Å². The number of aliphatic hydroxyl groups excluding tert-OH is 1. The van der Waals surface area contributed by atoms with E-state index in [1.807, 2.05) is 12.3 Å². The molecule has 1 aromatic rings. The molecule has 1 fully saturated rings. The van der Waals surface area contributed by atoms with Crippen LogP contribution in [0.1, 0.15) is 61.8 Å². The summed E-state index contributed by atoms with van der Waals surface area (Å²) < 4.78 is 2.06. The lowest BCUT2D eigenvalue weighted by atomic mass is 9.95. The summed E-state index contributed by atoms with van der Waals surface area (Å²) >= 11 is 0. The van der Waals surface area contributed by atoms with Crippen LogP contribution in [0.4, 0.5) is 0 Å². The number of nitrogens with two attached hydrogens (primary N) is 3. The summed E-state index contributed by atoms with van der Waals surface area (Å²) in [6.07, 6.45) is 6.63.